The first-order valence-corrected chi connectivity index (χ1v) is 9.53. The number of ether oxygens (including phenoxy) is 1. The fourth-order valence-electron chi connectivity index (χ4n) is 3.72. The summed E-state index contributed by atoms with van der Waals surface area (Å²) in [4.78, 5) is 28.1. The van der Waals surface area contributed by atoms with E-state index < -0.39 is 5.97 Å². The Kier molecular flexibility index (Phi) is 6.66. The fourth-order valence-corrected chi connectivity index (χ4v) is 3.72. The Morgan fingerprint density at radius 1 is 1.00 bits per heavy atom. The van der Waals surface area contributed by atoms with Crippen LogP contribution >= 0.6 is 0 Å². The third-order valence-corrected chi connectivity index (χ3v) is 5.20. The third kappa shape index (κ3) is 4.70. The standard InChI is InChI=1S/C22H26N2O4/c1-28-20-10-6-5-9-18(20)22(27)24-15-13-23(14-16-24)19(11-12-21(25)26)17-7-3-2-4-8-17/h2-10,19H,11-16H2,1H3,(H,25,26)/t19-/m1/s1. The zero-order valence-electron chi connectivity index (χ0n) is 16.1. The maximum Gasteiger partial charge on any atom is 0.303 e. The van der Waals surface area contributed by atoms with Crippen LogP contribution in [-0.4, -0.2) is 60.1 Å². The molecular formula is C22H26N2O4. The minimum absolute atomic E-state index is 0.0288. The van der Waals surface area contributed by atoms with Crippen molar-refractivity contribution in [2.75, 3.05) is 33.3 Å². The number of amides is 1. The molecule has 1 heterocycles. The largest absolute Gasteiger partial charge is 0.496 e. The summed E-state index contributed by atoms with van der Waals surface area (Å²) in [5, 5.41) is 9.11. The Morgan fingerprint density at radius 3 is 2.29 bits per heavy atom. The van der Waals surface area contributed by atoms with Crippen molar-refractivity contribution in [3.63, 3.8) is 0 Å². The van der Waals surface area contributed by atoms with Crippen LogP contribution in [0.2, 0.25) is 0 Å². The molecule has 0 aromatic heterocycles. The van der Waals surface area contributed by atoms with Gasteiger partial charge in [-0.15, -0.1) is 0 Å². The van der Waals surface area contributed by atoms with Crippen LogP contribution in [0.1, 0.15) is 34.8 Å². The molecule has 1 fully saturated rings. The maximum absolute atomic E-state index is 12.9. The summed E-state index contributed by atoms with van der Waals surface area (Å²) >= 11 is 0. The topological polar surface area (TPSA) is 70.1 Å². The highest BCUT2D eigenvalue weighted by Gasteiger charge is 2.28. The zero-order chi connectivity index (χ0) is 19.9. The van der Waals surface area contributed by atoms with Gasteiger partial charge in [0.2, 0.25) is 0 Å². The lowest BCUT2D eigenvalue weighted by molar-refractivity contribution is -0.137. The molecule has 6 nitrogen and oxygen atoms in total. The average Bonchev–Trinajstić information content (AvgIpc) is 2.74. The van der Waals surface area contributed by atoms with E-state index in [-0.39, 0.29) is 18.4 Å². The van der Waals surface area contributed by atoms with Gasteiger partial charge in [-0.05, 0) is 24.1 Å². The van der Waals surface area contributed by atoms with E-state index in [0.29, 0.717) is 43.9 Å². The van der Waals surface area contributed by atoms with Crippen LogP contribution in [0.25, 0.3) is 0 Å². The average molecular weight is 382 g/mol. The number of piperazine rings is 1. The number of methoxy groups -OCH3 is 1. The van der Waals surface area contributed by atoms with Gasteiger partial charge in [-0.2, -0.15) is 0 Å². The second kappa shape index (κ2) is 9.37. The Balaban J connectivity index is 1.68. The summed E-state index contributed by atoms with van der Waals surface area (Å²) in [6.07, 6.45) is 0.680. The highest BCUT2D eigenvalue weighted by molar-refractivity contribution is 5.97. The van der Waals surface area contributed by atoms with E-state index in [1.54, 1.807) is 19.2 Å². The first-order valence-electron chi connectivity index (χ1n) is 9.53. The summed E-state index contributed by atoms with van der Waals surface area (Å²) in [6.45, 7) is 2.63. The van der Waals surface area contributed by atoms with Crippen LogP contribution in [0.4, 0.5) is 0 Å². The predicted molar refractivity (Wildman–Crippen MR) is 107 cm³/mol. The smallest absolute Gasteiger partial charge is 0.303 e. The number of carboxylic acid groups (broad SMARTS) is 1. The van der Waals surface area contributed by atoms with Crippen LogP contribution in [-0.2, 0) is 4.79 Å². The highest BCUT2D eigenvalue weighted by Crippen LogP contribution is 2.28. The van der Waals surface area contributed by atoms with Gasteiger partial charge in [0, 0.05) is 38.6 Å². The lowest BCUT2D eigenvalue weighted by Crippen LogP contribution is -2.49. The Labute approximate surface area is 165 Å². The number of aliphatic carboxylic acids is 1. The van der Waals surface area contributed by atoms with Crippen molar-refractivity contribution in [1.82, 2.24) is 9.80 Å². The van der Waals surface area contributed by atoms with Gasteiger partial charge in [0.25, 0.3) is 5.91 Å². The molecular weight excluding hydrogens is 356 g/mol. The minimum atomic E-state index is -0.786. The molecule has 0 spiro atoms. The fraction of sp³-hybridized carbons (Fsp3) is 0.364. The lowest BCUT2D eigenvalue weighted by Gasteiger charge is -2.39. The van der Waals surface area contributed by atoms with Gasteiger partial charge in [0.15, 0.2) is 0 Å². The second-order valence-corrected chi connectivity index (χ2v) is 6.89. The second-order valence-electron chi connectivity index (χ2n) is 6.89. The molecule has 2 aromatic carbocycles. The Bertz CT molecular complexity index is 801. The van der Waals surface area contributed by atoms with Crippen LogP contribution in [0.15, 0.2) is 54.6 Å². The molecule has 3 rings (SSSR count). The molecule has 0 unspecified atom stereocenters. The molecule has 1 saturated heterocycles. The predicted octanol–water partition coefficient (Wildman–Crippen LogP) is 3.06. The van der Waals surface area contributed by atoms with Gasteiger partial charge in [0.1, 0.15) is 5.75 Å². The van der Waals surface area contributed by atoms with Crippen molar-refractivity contribution >= 4 is 11.9 Å². The molecule has 148 valence electrons. The van der Waals surface area contributed by atoms with Gasteiger partial charge < -0.3 is 14.7 Å². The van der Waals surface area contributed by atoms with Gasteiger partial charge in [-0.1, -0.05) is 42.5 Å². The quantitative estimate of drug-likeness (QED) is 0.797. The summed E-state index contributed by atoms with van der Waals surface area (Å²) in [5.41, 5.74) is 1.69. The normalized spacial score (nSPS) is 15.8. The van der Waals surface area contributed by atoms with E-state index >= 15 is 0 Å². The lowest BCUT2D eigenvalue weighted by atomic mass is 9.99. The third-order valence-electron chi connectivity index (χ3n) is 5.20. The molecule has 0 saturated carbocycles. The van der Waals surface area contributed by atoms with Crippen LogP contribution in [0, 0.1) is 0 Å². The van der Waals surface area contributed by atoms with Crippen LogP contribution in [0.5, 0.6) is 5.75 Å². The van der Waals surface area contributed by atoms with Crippen molar-refractivity contribution in [2.45, 2.75) is 18.9 Å². The molecule has 6 heteroatoms. The number of hydrogen-bond acceptors (Lipinski definition) is 4. The van der Waals surface area contributed by atoms with Crippen LogP contribution < -0.4 is 4.74 Å². The number of benzene rings is 2. The zero-order valence-corrected chi connectivity index (χ0v) is 16.1. The number of carbonyl (C=O) groups is 2. The SMILES string of the molecule is COc1ccccc1C(=O)N1CCN([C@H](CCC(=O)O)c2ccccc2)CC1. The summed E-state index contributed by atoms with van der Waals surface area (Å²) in [5.74, 6) is -0.233. The van der Waals surface area contributed by atoms with Crippen molar-refractivity contribution in [3.05, 3.63) is 65.7 Å². The molecule has 1 atom stereocenters. The number of hydrogen-bond donors (Lipinski definition) is 1. The van der Waals surface area contributed by atoms with E-state index in [2.05, 4.69) is 4.90 Å². The minimum Gasteiger partial charge on any atom is -0.496 e. The maximum atomic E-state index is 12.9. The number of carbonyl (C=O) groups excluding carboxylic acids is 1. The van der Waals surface area contributed by atoms with E-state index in [0.717, 1.165) is 5.56 Å². The summed E-state index contributed by atoms with van der Waals surface area (Å²) < 4.78 is 5.32. The first kappa shape index (κ1) is 19.9. The molecule has 1 aliphatic rings. The van der Waals surface area contributed by atoms with Gasteiger partial charge in [-0.3, -0.25) is 14.5 Å². The molecule has 0 bridgehead atoms. The molecule has 0 radical (unpaired) electrons. The Hall–Kier alpha value is -2.86. The first-order chi connectivity index (χ1) is 13.6. The molecule has 0 aliphatic carbocycles. The molecule has 2 aromatic rings. The molecule has 1 N–H and O–H groups in total. The van der Waals surface area contributed by atoms with E-state index in [1.165, 1.54) is 0 Å². The number of carboxylic acids is 1. The molecule has 1 aliphatic heterocycles. The number of nitrogens with zero attached hydrogens (tertiary/aromatic N) is 2. The van der Waals surface area contributed by atoms with Gasteiger partial charge in [-0.25, -0.2) is 0 Å². The van der Waals surface area contributed by atoms with Crippen LogP contribution in [0.3, 0.4) is 0 Å². The number of para-hydroxylation sites is 1. The van der Waals surface area contributed by atoms with Gasteiger partial charge in [0.05, 0.1) is 12.7 Å². The van der Waals surface area contributed by atoms with E-state index in [1.807, 2.05) is 47.4 Å². The van der Waals surface area contributed by atoms with Crippen molar-refractivity contribution in [1.29, 1.82) is 0 Å². The number of rotatable bonds is 7. The van der Waals surface area contributed by atoms with E-state index in [9.17, 15) is 9.59 Å². The van der Waals surface area contributed by atoms with Crippen molar-refractivity contribution in [3.8, 4) is 5.75 Å². The molecule has 28 heavy (non-hydrogen) atoms. The van der Waals surface area contributed by atoms with Crippen molar-refractivity contribution < 1.29 is 19.4 Å². The summed E-state index contributed by atoms with van der Waals surface area (Å²) in [7, 11) is 1.57. The van der Waals surface area contributed by atoms with Gasteiger partial charge >= 0.3 is 5.97 Å². The van der Waals surface area contributed by atoms with Crippen molar-refractivity contribution in [2.24, 2.45) is 0 Å². The Morgan fingerprint density at radius 2 is 1.64 bits per heavy atom. The molecule has 1 amide bonds. The monoisotopic (exact) mass is 382 g/mol. The highest BCUT2D eigenvalue weighted by atomic mass is 16.5. The summed E-state index contributed by atoms with van der Waals surface area (Å²) in [6, 6.07) is 17.3. The van der Waals surface area contributed by atoms with E-state index in [4.69, 9.17) is 9.84 Å².